The number of hydrogen-bond donors (Lipinski definition) is 1. The van der Waals surface area contributed by atoms with Crippen molar-refractivity contribution in [3.63, 3.8) is 0 Å². The molecule has 2 rings (SSSR count). The zero-order valence-corrected chi connectivity index (χ0v) is 18.8. The highest BCUT2D eigenvalue weighted by molar-refractivity contribution is 7.89. The van der Waals surface area contributed by atoms with Crippen LogP contribution in [0.2, 0.25) is 0 Å². The van der Waals surface area contributed by atoms with Crippen molar-refractivity contribution in [1.29, 1.82) is 0 Å². The van der Waals surface area contributed by atoms with E-state index in [9.17, 15) is 13.2 Å². The summed E-state index contributed by atoms with van der Waals surface area (Å²) in [6, 6.07) is 6.42. The first kappa shape index (κ1) is 24.9. The van der Waals surface area contributed by atoms with Crippen molar-refractivity contribution in [2.45, 2.75) is 57.4 Å². The van der Waals surface area contributed by atoms with E-state index in [0.717, 1.165) is 32.2 Å². The lowest BCUT2D eigenvalue weighted by Gasteiger charge is -2.34. The van der Waals surface area contributed by atoms with E-state index in [4.69, 9.17) is 5.73 Å². The molecule has 0 bridgehead atoms. The van der Waals surface area contributed by atoms with Gasteiger partial charge < -0.3 is 10.6 Å². The van der Waals surface area contributed by atoms with Gasteiger partial charge in [-0.15, -0.1) is 12.4 Å². The molecule has 1 aromatic rings. The highest BCUT2D eigenvalue weighted by Gasteiger charge is 2.27. The lowest BCUT2D eigenvalue weighted by molar-refractivity contribution is 0.0661. The first-order valence-corrected chi connectivity index (χ1v) is 11.4. The van der Waals surface area contributed by atoms with Gasteiger partial charge in [0.25, 0.3) is 5.91 Å². The fraction of sp³-hybridized carbons (Fsp3) is 0.650. The molecular weight excluding hydrogens is 398 g/mol. The summed E-state index contributed by atoms with van der Waals surface area (Å²) in [5, 5.41) is 0. The summed E-state index contributed by atoms with van der Waals surface area (Å²) >= 11 is 0. The van der Waals surface area contributed by atoms with Gasteiger partial charge in [-0.05, 0) is 62.8 Å². The maximum absolute atomic E-state index is 12.8. The molecule has 1 aromatic carbocycles. The molecule has 1 aliphatic rings. The number of sulfonamides is 1. The zero-order valence-electron chi connectivity index (χ0n) is 17.1. The lowest BCUT2D eigenvalue weighted by Crippen LogP contribution is -2.45. The van der Waals surface area contributed by atoms with Crippen LogP contribution in [0, 0.1) is 5.92 Å². The molecule has 1 saturated heterocycles. The quantitative estimate of drug-likeness (QED) is 0.685. The monoisotopic (exact) mass is 431 g/mol. The summed E-state index contributed by atoms with van der Waals surface area (Å²) in [5.41, 5.74) is 6.53. The average Bonchev–Trinajstić information content (AvgIpc) is 2.67. The van der Waals surface area contributed by atoms with Gasteiger partial charge in [-0.3, -0.25) is 4.79 Å². The van der Waals surface area contributed by atoms with E-state index in [1.54, 1.807) is 24.3 Å². The molecule has 1 aliphatic heterocycles. The Morgan fingerprint density at radius 2 is 1.79 bits per heavy atom. The molecule has 2 atom stereocenters. The van der Waals surface area contributed by atoms with Gasteiger partial charge in [0.1, 0.15) is 0 Å². The van der Waals surface area contributed by atoms with Crippen molar-refractivity contribution < 1.29 is 13.2 Å². The van der Waals surface area contributed by atoms with Gasteiger partial charge in [-0.2, -0.15) is 4.31 Å². The molecule has 1 fully saturated rings. The second-order valence-electron chi connectivity index (χ2n) is 7.44. The number of carbonyl (C=O) groups is 1. The minimum atomic E-state index is -3.52. The minimum Gasteiger partial charge on any atom is -0.338 e. The predicted octanol–water partition coefficient (Wildman–Crippen LogP) is 3.12. The van der Waals surface area contributed by atoms with Crippen LogP contribution in [0.1, 0.15) is 56.8 Å². The normalized spacial score (nSPS) is 18.6. The van der Waals surface area contributed by atoms with Crippen molar-refractivity contribution in [3.8, 4) is 0 Å². The van der Waals surface area contributed by atoms with E-state index in [0.29, 0.717) is 31.1 Å². The van der Waals surface area contributed by atoms with Crippen molar-refractivity contribution >= 4 is 28.3 Å². The summed E-state index contributed by atoms with van der Waals surface area (Å²) < 4.78 is 27.2. The Bertz CT molecular complexity index is 717. The van der Waals surface area contributed by atoms with Gasteiger partial charge in [0.15, 0.2) is 0 Å². The average molecular weight is 432 g/mol. The van der Waals surface area contributed by atoms with Crippen LogP contribution in [0.25, 0.3) is 0 Å². The molecule has 0 spiro atoms. The molecular formula is C20H34ClN3O3S. The van der Waals surface area contributed by atoms with Crippen molar-refractivity contribution in [2.24, 2.45) is 11.7 Å². The summed E-state index contributed by atoms with van der Waals surface area (Å²) in [6.07, 6.45) is 3.54. The fourth-order valence-electron chi connectivity index (χ4n) is 3.58. The number of amides is 1. The van der Waals surface area contributed by atoms with Crippen molar-refractivity contribution in [2.75, 3.05) is 26.2 Å². The standard InChI is InChI=1S/C20H33N3O3S.ClH/c1-4-12-23(13-5-2)27(25,26)19-10-8-17(9-11-19)20(24)22-14-6-7-18(15-22)16(3)21;/h8-11,16,18H,4-7,12-15,21H2,1-3H3;1H. The number of rotatable bonds is 8. The topological polar surface area (TPSA) is 83.7 Å². The first-order valence-electron chi connectivity index (χ1n) is 9.96. The first-order chi connectivity index (χ1) is 12.8. The molecule has 0 aromatic heterocycles. The van der Waals surface area contributed by atoms with Crippen LogP contribution in [-0.4, -0.2) is 55.8 Å². The van der Waals surface area contributed by atoms with E-state index < -0.39 is 10.0 Å². The number of hydrogen-bond acceptors (Lipinski definition) is 4. The molecule has 28 heavy (non-hydrogen) atoms. The summed E-state index contributed by atoms with van der Waals surface area (Å²) in [6.45, 7) is 8.31. The Hall–Kier alpha value is -1.15. The van der Waals surface area contributed by atoms with Gasteiger partial charge in [0.05, 0.1) is 4.90 Å². The molecule has 8 heteroatoms. The summed E-state index contributed by atoms with van der Waals surface area (Å²) in [4.78, 5) is 14.9. The number of benzene rings is 1. The van der Waals surface area contributed by atoms with Gasteiger partial charge in [0, 0.05) is 37.8 Å². The van der Waals surface area contributed by atoms with Gasteiger partial charge in [0.2, 0.25) is 10.0 Å². The second kappa shape index (κ2) is 11.1. The van der Waals surface area contributed by atoms with Crippen molar-refractivity contribution in [1.82, 2.24) is 9.21 Å². The molecule has 2 N–H and O–H groups in total. The number of halogens is 1. The number of likely N-dealkylation sites (tertiary alicyclic amines) is 1. The number of nitrogens with two attached hydrogens (primary N) is 1. The van der Waals surface area contributed by atoms with Gasteiger partial charge in [-0.25, -0.2) is 8.42 Å². The maximum atomic E-state index is 12.8. The van der Waals surface area contributed by atoms with E-state index in [-0.39, 0.29) is 29.3 Å². The molecule has 6 nitrogen and oxygen atoms in total. The van der Waals surface area contributed by atoms with E-state index in [1.807, 2.05) is 25.7 Å². The molecule has 0 saturated carbocycles. The van der Waals surface area contributed by atoms with Crippen LogP contribution < -0.4 is 5.73 Å². The van der Waals surface area contributed by atoms with Crippen LogP contribution in [0.15, 0.2) is 29.2 Å². The number of nitrogens with zero attached hydrogens (tertiary/aromatic N) is 2. The third-order valence-electron chi connectivity index (χ3n) is 5.17. The smallest absolute Gasteiger partial charge is 0.253 e. The van der Waals surface area contributed by atoms with Gasteiger partial charge in [-0.1, -0.05) is 13.8 Å². The van der Waals surface area contributed by atoms with Crippen LogP contribution in [0.4, 0.5) is 0 Å². The molecule has 1 amide bonds. The predicted molar refractivity (Wildman–Crippen MR) is 115 cm³/mol. The van der Waals surface area contributed by atoms with Crippen molar-refractivity contribution in [3.05, 3.63) is 29.8 Å². The highest BCUT2D eigenvalue weighted by atomic mass is 35.5. The van der Waals surface area contributed by atoms with Crippen LogP contribution >= 0.6 is 12.4 Å². The third-order valence-corrected chi connectivity index (χ3v) is 7.09. The fourth-order valence-corrected chi connectivity index (χ4v) is 5.20. The van der Waals surface area contributed by atoms with E-state index in [2.05, 4.69) is 0 Å². The minimum absolute atomic E-state index is 0. The SMILES string of the molecule is CCCN(CCC)S(=O)(=O)c1ccc(C(=O)N2CCCC(C(C)N)C2)cc1.Cl. The lowest BCUT2D eigenvalue weighted by atomic mass is 9.92. The number of piperidine rings is 1. The summed E-state index contributed by atoms with van der Waals surface area (Å²) in [7, 11) is -3.52. The maximum Gasteiger partial charge on any atom is 0.253 e. The van der Waals surface area contributed by atoms with Crippen LogP contribution in [0.5, 0.6) is 0 Å². The van der Waals surface area contributed by atoms with Crippen LogP contribution in [0.3, 0.4) is 0 Å². The van der Waals surface area contributed by atoms with E-state index >= 15 is 0 Å². The van der Waals surface area contributed by atoms with Gasteiger partial charge >= 0.3 is 0 Å². The summed E-state index contributed by atoms with van der Waals surface area (Å²) in [5.74, 6) is 0.266. The Labute approximate surface area is 175 Å². The van der Waals surface area contributed by atoms with Crippen LogP contribution in [-0.2, 0) is 10.0 Å². The Balaban J connectivity index is 0.00000392. The third kappa shape index (κ3) is 5.92. The molecule has 2 unspecified atom stereocenters. The zero-order chi connectivity index (χ0) is 20.0. The molecule has 0 aliphatic carbocycles. The number of carbonyl (C=O) groups excluding carboxylic acids is 1. The Kier molecular flexibility index (Phi) is 9.90. The molecule has 160 valence electrons. The molecule has 1 heterocycles. The Morgan fingerprint density at radius 1 is 1.21 bits per heavy atom. The highest BCUT2D eigenvalue weighted by Crippen LogP contribution is 2.22. The Morgan fingerprint density at radius 3 is 2.29 bits per heavy atom. The van der Waals surface area contributed by atoms with E-state index in [1.165, 1.54) is 4.31 Å². The largest absolute Gasteiger partial charge is 0.338 e. The molecule has 0 radical (unpaired) electrons. The second-order valence-corrected chi connectivity index (χ2v) is 9.38.